The number of amides is 1. The van der Waals surface area contributed by atoms with E-state index in [2.05, 4.69) is 11.6 Å². The van der Waals surface area contributed by atoms with Crippen LogP contribution in [0, 0.1) is 12.8 Å². The van der Waals surface area contributed by atoms with Crippen LogP contribution in [0.1, 0.15) is 40.1 Å². The number of carbonyl (C=O) groups is 2. The van der Waals surface area contributed by atoms with Crippen molar-refractivity contribution in [3.63, 3.8) is 0 Å². The van der Waals surface area contributed by atoms with Crippen molar-refractivity contribution in [3.8, 4) is 0 Å². The van der Waals surface area contributed by atoms with Crippen molar-refractivity contribution in [2.75, 3.05) is 19.7 Å². The molecule has 6 heteroatoms. The van der Waals surface area contributed by atoms with E-state index in [-0.39, 0.29) is 11.9 Å². The smallest absolute Gasteiger partial charge is 0.350 e. The monoisotopic (exact) mass is 322 g/mol. The van der Waals surface area contributed by atoms with Crippen LogP contribution in [0.4, 0.5) is 0 Å². The van der Waals surface area contributed by atoms with E-state index in [4.69, 9.17) is 4.74 Å². The molecule has 0 aliphatic carbocycles. The average molecular weight is 322 g/mol. The lowest BCUT2D eigenvalue weighted by Gasteiger charge is -2.30. The van der Waals surface area contributed by atoms with Crippen molar-refractivity contribution in [2.45, 2.75) is 33.1 Å². The number of nitrogens with zero attached hydrogens (tertiary/aromatic N) is 2. The summed E-state index contributed by atoms with van der Waals surface area (Å²) in [6, 6.07) is 0. The third kappa shape index (κ3) is 3.94. The van der Waals surface area contributed by atoms with Gasteiger partial charge in [0, 0.05) is 19.5 Å². The molecule has 1 aromatic heterocycles. The molecule has 0 saturated carbocycles. The zero-order chi connectivity index (χ0) is 16.1. The minimum Gasteiger partial charge on any atom is -0.462 e. The molecule has 1 saturated heterocycles. The first-order valence-corrected chi connectivity index (χ1v) is 8.41. The fraction of sp³-hybridized carbons (Fsp3) is 0.562. The van der Waals surface area contributed by atoms with Crippen LogP contribution in [0.3, 0.4) is 0 Å². The molecule has 1 amide bonds. The summed E-state index contributed by atoms with van der Waals surface area (Å²) in [6.45, 7) is 9.08. The molecule has 1 aliphatic rings. The van der Waals surface area contributed by atoms with Crippen LogP contribution in [0.15, 0.2) is 12.7 Å². The second kappa shape index (κ2) is 7.54. The summed E-state index contributed by atoms with van der Waals surface area (Å²) in [5, 5.41) is 0.981. The molecule has 0 radical (unpaired) electrons. The first-order valence-electron chi connectivity index (χ1n) is 7.59. The lowest BCUT2D eigenvalue weighted by atomic mass is 9.94. The Balaban J connectivity index is 1.92. The fourth-order valence-electron chi connectivity index (χ4n) is 2.66. The molecular weight excluding hydrogens is 300 g/mol. The highest BCUT2D eigenvalue weighted by molar-refractivity contribution is 7.13. The molecule has 0 unspecified atom stereocenters. The molecule has 22 heavy (non-hydrogen) atoms. The molecule has 1 fully saturated rings. The first-order chi connectivity index (χ1) is 10.5. The molecule has 0 aromatic carbocycles. The van der Waals surface area contributed by atoms with Crippen LogP contribution >= 0.6 is 11.3 Å². The number of esters is 1. The van der Waals surface area contributed by atoms with Gasteiger partial charge in [0.1, 0.15) is 4.88 Å². The third-order valence-electron chi connectivity index (χ3n) is 3.87. The van der Waals surface area contributed by atoms with Gasteiger partial charge in [0.15, 0.2) is 0 Å². The minimum atomic E-state index is -0.282. The highest BCUT2D eigenvalue weighted by Crippen LogP contribution is 2.26. The predicted octanol–water partition coefficient (Wildman–Crippen LogP) is 2.60. The van der Waals surface area contributed by atoms with Crippen LogP contribution in [0.25, 0.3) is 0 Å². The molecule has 0 N–H and O–H groups in total. The van der Waals surface area contributed by atoms with Gasteiger partial charge in [0.05, 0.1) is 17.3 Å². The number of thiazole rings is 1. The number of aryl methyl sites for hydroxylation is 1. The van der Waals surface area contributed by atoms with Crippen LogP contribution < -0.4 is 0 Å². The van der Waals surface area contributed by atoms with Crippen molar-refractivity contribution in [1.29, 1.82) is 0 Å². The second-order valence-corrected chi connectivity index (χ2v) is 6.50. The largest absolute Gasteiger partial charge is 0.462 e. The van der Waals surface area contributed by atoms with Gasteiger partial charge in [-0.1, -0.05) is 6.58 Å². The fourth-order valence-corrected chi connectivity index (χ4v) is 3.73. The Morgan fingerprint density at radius 2 is 2.14 bits per heavy atom. The minimum absolute atomic E-state index is 0.00754. The van der Waals surface area contributed by atoms with E-state index in [0.717, 1.165) is 43.1 Å². The number of likely N-dealkylation sites (tertiary alicyclic amines) is 1. The number of rotatable bonds is 5. The maximum absolute atomic E-state index is 11.8. The van der Waals surface area contributed by atoms with Gasteiger partial charge in [-0.15, -0.1) is 11.3 Å². The molecule has 5 nitrogen and oxygen atoms in total. The quantitative estimate of drug-likeness (QED) is 0.617. The van der Waals surface area contributed by atoms with E-state index in [1.807, 2.05) is 11.8 Å². The van der Waals surface area contributed by atoms with Crippen LogP contribution in [0.2, 0.25) is 0 Å². The number of hydrogen-bond acceptors (Lipinski definition) is 5. The van der Waals surface area contributed by atoms with Crippen molar-refractivity contribution in [1.82, 2.24) is 9.88 Å². The summed E-state index contributed by atoms with van der Waals surface area (Å²) < 4.78 is 5.04. The van der Waals surface area contributed by atoms with Crippen molar-refractivity contribution < 1.29 is 14.3 Å². The number of piperidine rings is 1. The van der Waals surface area contributed by atoms with Crippen LogP contribution in [-0.4, -0.2) is 41.5 Å². The molecular formula is C16H22N2O3S. The maximum atomic E-state index is 11.8. The Morgan fingerprint density at radius 3 is 2.73 bits per heavy atom. The van der Waals surface area contributed by atoms with E-state index in [1.165, 1.54) is 17.4 Å². The van der Waals surface area contributed by atoms with E-state index in [1.54, 1.807) is 6.92 Å². The predicted molar refractivity (Wildman–Crippen MR) is 86.0 cm³/mol. The van der Waals surface area contributed by atoms with Crippen LogP contribution in [-0.2, 0) is 16.0 Å². The van der Waals surface area contributed by atoms with Crippen LogP contribution in [0.5, 0.6) is 0 Å². The van der Waals surface area contributed by atoms with Gasteiger partial charge in [-0.25, -0.2) is 9.78 Å². The molecule has 0 spiro atoms. The highest BCUT2D eigenvalue weighted by atomic mass is 32.1. The molecule has 0 bridgehead atoms. The molecule has 0 atom stereocenters. The summed E-state index contributed by atoms with van der Waals surface area (Å²) in [4.78, 5) is 30.3. The summed E-state index contributed by atoms with van der Waals surface area (Å²) in [7, 11) is 0. The third-order valence-corrected chi connectivity index (χ3v) is 5.03. The van der Waals surface area contributed by atoms with Gasteiger partial charge in [0.2, 0.25) is 5.91 Å². The molecule has 1 aromatic rings. The van der Waals surface area contributed by atoms with Gasteiger partial charge in [0.25, 0.3) is 0 Å². The Labute approximate surface area is 135 Å². The second-order valence-electron chi connectivity index (χ2n) is 5.42. The number of ether oxygens (including phenoxy) is 1. The number of hydrogen-bond donors (Lipinski definition) is 0. The SMILES string of the molecule is C=CC(=O)N1CCC(Cc2nc(C)c(C(=O)OCC)s2)CC1. The lowest BCUT2D eigenvalue weighted by molar-refractivity contribution is -0.127. The first kappa shape index (κ1) is 16.7. The topological polar surface area (TPSA) is 59.5 Å². The summed E-state index contributed by atoms with van der Waals surface area (Å²) >= 11 is 1.43. The van der Waals surface area contributed by atoms with E-state index in [9.17, 15) is 9.59 Å². The summed E-state index contributed by atoms with van der Waals surface area (Å²) in [6.07, 6.45) is 4.16. The Kier molecular flexibility index (Phi) is 5.71. The van der Waals surface area contributed by atoms with Gasteiger partial charge in [-0.3, -0.25) is 4.79 Å². The molecule has 1 aliphatic heterocycles. The van der Waals surface area contributed by atoms with Gasteiger partial charge >= 0.3 is 5.97 Å². The molecule has 2 heterocycles. The summed E-state index contributed by atoms with van der Waals surface area (Å²) in [5.41, 5.74) is 0.748. The Hall–Kier alpha value is -1.69. The number of carbonyl (C=O) groups excluding carboxylic acids is 2. The normalized spacial score (nSPS) is 15.6. The standard InChI is InChI=1S/C16H22N2O3S/c1-4-14(19)18-8-6-12(7-9-18)10-13-17-11(3)15(22-13)16(20)21-5-2/h4,12H,1,5-10H2,2-3H3. The zero-order valence-corrected chi connectivity index (χ0v) is 13.9. The highest BCUT2D eigenvalue weighted by Gasteiger charge is 2.24. The molecule has 2 rings (SSSR count). The zero-order valence-electron chi connectivity index (χ0n) is 13.1. The van der Waals surface area contributed by atoms with E-state index in [0.29, 0.717) is 17.4 Å². The van der Waals surface area contributed by atoms with Crippen molar-refractivity contribution in [2.24, 2.45) is 5.92 Å². The Bertz CT molecular complexity index is 560. The van der Waals surface area contributed by atoms with Gasteiger partial charge in [-0.2, -0.15) is 0 Å². The lowest BCUT2D eigenvalue weighted by Crippen LogP contribution is -2.37. The Morgan fingerprint density at radius 1 is 1.45 bits per heavy atom. The van der Waals surface area contributed by atoms with Gasteiger partial charge < -0.3 is 9.64 Å². The maximum Gasteiger partial charge on any atom is 0.350 e. The van der Waals surface area contributed by atoms with Crippen molar-refractivity contribution >= 4 is 23.2 Å². The van der Waals surface area contributed by atoms with Crippen molar-refractivity contribution in [3.05, 3.63) is 28.2 Å². The number of aromatic nitrogens is 1. The van der Waals surface area contributed by atoms with E-state index < -0.39 is 0 Å². The average Bonchev–Trinajstić information content (AvgIpc) is 2.88. The summed E-state index contributed by atoms with van der Waals surface area (Å²) in [5.74, 6) is 0.234. The van der Waals surface area contributed by atoms with Gasteiger partial charge in [-0.05, 0) is 38.7 Å². The molecule has 120 valence electrons. The van der Waals surface area contributed by atoms with E-state index >= 15 is 0 Å².